The Morgan fingerprint density at radius 1 is 0.952 bits per heavy atom. The maximum atomic E-state index is 6.18. The lowest BCUT2D eigenvalue weighted by Crippen LogP contribution is -2.16. The van der Waals surface area contributed by atoms with Crippen LogP contribution in [-0.4, -0.2) is 6.54 Å². The van der Waals surface area contributed by atoms with Gasteiger partial charge in [-0.1, -0.05) is 58.5 Å². The molecule has 0 heterocycles. The van der Waals surface area contributed by atoms with Crippen LogP contribution >= 0.6 is 46.4 Å². The third kappa shape index (κ3) is 4.26. The number of hydrogen-bond donors (Lipinski definition) is 1. The lowest BCUT2D eigenvalue weighted by atomic mass is 10.1. The first-order valence-corrected chi connectivity index (χ1v) is 7.73. The van der Waals surface area contributed by atoms with E-state index in [2.05, 4.69) is 0 Å². The summed E-state index contributed by atoms with van der Waals surface area (Å²) in [5.41, 5.74) is 7.28. The smallest absolute Gasteiger partial charge is 0.0966 e. The van der Waals surface area contributed by atoms with Gasteiger partial charge in [0.25, 0.3) is 0 Å². The Balaban J connectivity index is 2.16. The van der Waals surface area contributed by atoms with Crippen molar-refractivity contribution in [2.45, 2.75) is 12.7 Å². The fraction of sp³-hybridized carbons (Fsp3) is 0.200. The molecule has 0 saturated heterocycles. The predicted octanol–water partition coefficient (Wildman–Crippen LogP) is 5.52. The average Bonchev–Trinajstić information content (AvgIpc) is 2.43. The van der Waals surface area contributed by atoms with Crippen LogP contribution in [0.1, 0.15) is 17.2 Å². The maximum Gasteiger partial charge on any atom is 0.0966 e. The summed E-state index contributed by atoms with van der Waals surface area (Å²) in [6.07, 6.45) is -0.359. The summed E-state index contributed by atoms with van der Waals surface area (Å²) in [5.74, 6) is 0. The van der Waals surface area contributed by atoms with E-state index in [1.807, 2.05) is 0 Å². The molecular weight excluding hydrogens is 352 g/mol. The highest BCUT2D eigenvalue weighted by atomic mass is 35.5. The van der Waals surface area contributed by atoms with Crippen LogP contribution in [0.4, 0.5) is 0 Å². The highest BCUT2D eigenvalue weighted by molar-refractivity contribution is 6.36. The highest BCUT2D eigenvalue weighted by Gasteiger charge is 2.16. The Morgan fingerprint density at radius 2 is 1.62 bits per heavy atom. The van der Waals surface area contributed by atoms with Crippen molar-refractivity contribution in [2.24, 2.45) is 5.73 Å². The molecule has 0 radical (unpaired) electrons. The fourth-order valence-corrected chi connectivity index (χ4v) is 2.94. The van der Waals surface area contributed by atoms with E-state index in [0.29, 0.717) is 20.1 Å². The molecule has 2 nitrogen and oxygen atoms in total. The van der Waals surface area contributed by atoms with E-state index in [4.69, 9.17) is 56.9 Å². The van der Waals surface area contributed by atoms with Gasteiger partial charge < -0.3 is 10.5 Å². The predicted molar refractivity (Wildman–Crippen MR) is 89.5 cm³/mol. The number of halogens is 4. The largest absolute Gasteiger partial charge is 0.367 e. The SMILES string of the molecule is NCC(OCc1c(Cl)cccc1Cl)c1ccc(Cl)cc1Cl. The van der Waals surface area contributed by atoms with Gasteiger partial charge in [0.1, 0.15) is 0 Å². The van der Waals surface area contributed by atoms with Gasteiger partial charge in [-0.25, -0.2) is 0 Å². The van der Waals surface area contributed by atoms with Crippen molar-refractivity contribution in [2.75, 3.05) is 6.54 Å². The van der Waals surface area contributed by atoms with Crippen LogP contribution in [-0.2, 0) is 11.3 Å². The number of ether oxygens (including phenoxy) is 1. The quantitative estimate of drug-likeness (QED) is 0.758. The summed E-state index contributed by atoms with van der Waals surface area (Å²) in [6.45, 7) is 0.531. The number of nitrogens with two attached hydrogens (primary N) is 1. The molecule has 112 valence electrons. The lowest BCUT2D eigenvalue weighted by Gasteiger charge is -2.19. The first-order chi connectivity index (χ1) is 10.0. The molecule has 0 fully saturated rings. The van der Waals surface area contributed by atoms with Crippen molar-refractivity contribution in [3.05, 3.63) is 67.6 Å². The Labute approximate surface area is 143 Å². The molecule has 1 atom stereocenters. The third-order valence-electron chi connectivity index (χ3n) is 3.01. The van der Waals surface area contributed by atoms with Crippen molar-refractivity contribution in [3.8, 4) is 0 Å². The summed E-state index contributed by atoms with van der Waals surface area (Å²) in [4.78, 5) is 0. The molecule has 0 aliphatic carbocycles. The molecule has 0 saturated carbocycles. The Bertz CT molecular complexity index is 613. The zero-order valence-electron chi connectivity index (χ0n) is 11.0. The summed E-state index contributed by atoms with van der Waals surface area (Å²) >= 11 is 24.3. The van der Waals surface area contributed by atoms with Gasteiger partial charge in [0.2, 0.25) is 0 Å². The van der Waals surface area contributed by atoms with Crippen molar-refractivity contribution in [3.63, 3.8) is 0 Å². The number of benzene rings is 2. The summed E-state index contributed by atoms with van der Waals surface area (Å²) in [6, 6.07) is 10.5. The zero-order valence-corrected chi connectivity index (χ0v) is 14.0. The number of rotatable bonds is 5. The lowest BCUT2D eigenvalue weighted by molar-refractivity contribution is 0.0458. The van der Waals surface area contributed by atoms with Crippen LogP contribution < -0.4 is 5.73 Å². The molecule has 6 heteroatoms. The monoisotopic (exact) mass is 363 g/mol. The molecule has 0 aromatic heterocycles. The van der Waals surface area contributed by atoms with Gasteiger partial charge in [-0.3, -0.25) is 0 Å². The second kappa shape index (κ2) is 7.68. The van der Waals surface area contributed by atoms with Crippen LogP contribution in [0.15, 0.2) is 36.4 Å². The minimum Gasteiger partial charge on any atom is -0.367 e. The first-order valence-electron chi connectivity index (χ1n) is 6.22. The fourth-order valence-electron chi connectivity index (χ4n) is 1.90. The van der Waals surface area contributed by atoms with Gasteiger partial charge in [-0.15, -0.1) is 0 Å². The molecule has 2 N–H and O–H groups in total. The molecule has 0 bridgehead atoms. The molecular formula is C15H13Cl4NO. The normalized spacial score (nSPS) is 12.4. The molecule has 2 rings (SSSR count). The van der Waals surface area contributed by atoms with E-state index in [-0.39, 0.29) is 19.3 Å². The van der Waals surface area contributed by atoms with Crippen molar-refractivity contribution < 1.29 is 4.74 Å². The standard InChI is InChI=1S/C15H13Cl4NO/c16-9-4-5-10(14(19)6-9)15(7-20)21-8-11-12(17)2-1-3-13(11)18/h1-6,15H,7-8,20H2. The maximum absolute atomic E-state index is 6.18. The van der Waals surface area contributed by atoms with E-state index >= 15 is 0 Å². The third-order valence-corrected chi connectivity index (χ3v) is 4.28. The van der Waals surface area contributed by atoms with Gasteiger partial charge in [0, 0.05) is 37.8 Å². The van der Waals surface area contributed by atoms with Gasteiger partial charge >= 0.3 is 0 Å². The Kier molecular flexibility index (Phi) is 6.18. The van der Waals surface area contributed by atoms with Crippen LogP contribution in [0.2, 0.25) is 20.1 Å². The minimum atomic E-state index is -0.359. The van der Waals surface area contributed by atoms with Crippen LogP contribution in [0.3, 0.4) is 0 Å². The Hall–Kier alpha value is -0.480. The van der Waals surface area contributed by atoms with Crippen LogP contribution in [0.5, 0.6) is 0 Å². The van der Waals surface area contributed by atoms with Gasteiger partial charge in [-0.2, -0.15) is 0 Å². The van der Waals surface area contributed by atoms with Crippen LogP contribution in [0, 0.1) is 0 Å². The van der Waals surface area contributed by atoms with Crippen LogP contribution in [0.25, 0.3) is 0 Å². The average molecular weight is 365 g/mol. The summed E-state index contributed by atoms with van der Waals surface area (Å²) in [7, 11) is 0. The van der Waals surface area contributed by atoms with Gasteiger partial charge in [-0.05, 0) is 24.3 Å². The van der Waals surface area contributed by atoms with Gasteiger partial charge in [0.05, 0.1) is 12.7 Å². The molecule has 0 aliphatic rings. The van der Waals surface area contributed by atoms with Gasteiger partial charge in [0.15, 0.2) is 0 Å². The molecule has 0 aliphatic heterocycles. The second-order valence-electron chi connectivity index (χ2n) is 4.40. The van der Waals surface area contributed by atoms with E-state index in [1.165, 1.54) is 0 Å². The summed E-state index contributed by atoms with van der Waals surface area (Å²) < 4.78 is 5.82. The highest BCUT2D eigenvalue weighted by Crippen LogP contribution is 2.31. The molecule has 1 unspecified atom stereocenters. The number of hydrogen-bond acceptors (Lipinski definition) is 2. The summed E-state index contributed by atoms with van der Waals surface area (Å²) in [5, 5.41) is 2.19. The zero-order chi connectivity index (χ0) is 15.4. The van der Waals surface area contributed by atoms with Crippen molar-refractivity contribution >= 4 is 46.4 Å². The van der Waals surface area contributed by atoms with Crippen molar-refractivity contribution in [1.82, 2.24) is 0 Å². The van der Waals surface area contributed by atoms with E-state index in [1.54, 1.807) is 36.4 Å². The second-order valence-corrected chi connectivity index (χ2v) is 6.06. The molecule has 2 aromatic carbocycles. The Morgan fingerprint density at radius 3 is 2.19 bits per heavy atom. The minimum absolute atomic E-state index is 0.249. The molecule has 0 spiro atoms. The molecule has 21 heavy (non-hydrogen) atoms. The van der Waals surface area contributed by atoms with Crippen molar-refractivity contribution in [1.29, 1.82) is 0 Å². The van der Waals surface area contributed by atoms with E-state index in [9.17, 15) is 0 Å². The molecule has 0 amide bonds. The topological polar surface area (TPSA) is 35.2 Å². The van der Waals surface area contributed by atoms with E-state index in [0.717, 1.165) is 11.1 Å². The first kappa shape index (κ1) is 16.9. The van der Waals surface area contributed by atoms with E-state index < -0.39 is 0 Å². The molecule has 2 aromatic rings.